The predicted molar refractivity (Wildman–Crippen MR) is 99.4 cm³/mol. The zero-order chi connectivity index (χ0) is 18.5. The zero-order valence-corrected chi connectivity index (χ0v) is 15.2. The summed E-state index contributed by atoms with van der Waals surface area (Å²) in [5.74, 6) is -0.946. The van der Waals surface area contributed by atoms with Crippen molar-refractivity contribution in [2.24, 2.45) is 16.2 Å². The highest BCUT2D eigenvalue weighted by molar-refractivity contribution is 6.04. The summed E-state index contributed by atoms with van der Waals surface area (Å²) in [6.07, 6.45) is 1.05. The SMILES string of the molecule is CC1(C(=O)O)CCC(C)(C(=O)Nc2cccc3ccccc23)C1(C)C. The van der Waals surface area contributed by atoms with E-state index >= 15 is 0 Å². The molecule has 0 radical (unpaired) electrons. The molecule has 2 atom stereocenters. The minimum atomic E-state index is -0.919. The third-order valence-electron chi connectivity index (χ3n) is 6.89. The first-order chi connectivity index (χ1) is 11.6. The Kier molecular flexibility index (Phi) is 3.90. The van der Waals surface area contributed by atoms with Crippen LogP contribution in [0.15, 0.2) is 42.5 Å². The molecular weight excluding hydrogens is 314 g/mol. The van der Waals surface area contributed by atoms with Crippen LogP contribution in [0.4, 0.5) is 5.69 Å². The summed E-state index contributed by atoms with van der Waals surface area (Å²) in [6, 6.07) is 13.7. The maximum absolute atomic E-state index is 13.2. The standard InChI is InChI=1S/C21H25NO3/c1-19(2)20(3,12-13-21(19,4)18(24)25)17(23)22-16-11-7-9-14-8-5-6-10-15(14)16/h5-11H,12-13H2,1-4H3,(H,22,23)(H,24,25). The largest absolute Gasteiger partial charge is 0.481 e. The highest BCUT2D eigenvalue weighted by Crippen LogP contribution is 2.63. The lowest BCUT2D eigenvalue weighted by molar-refractivity contribution is -0.157. The normalized spacial score (nSPS) is 28.0. The zero-order valence-electron chi connectivity index (χ0n) is 15.2. The molecule has 4 nitrogen and oxygen atoms in total. The lowest BCUT2D eigenvalue weighted by Crippen LogP contribution is -2.49. The predicted octanol–water partition coefficient (Wildman–Crippen LogP) is 4.70. The molecule has 2 unspecified atom stereocenters. The average molecular weight is 339 g/mol. The van der Waals surface area contributed by atoms with Gasteiger partial charge in [0.1, 0.15) is 0 Å². The molecule has 1 aliphatic rings. The van der Waals surface area contributed by atoms with Crippen LogP contribution in [-0.2, 0) is 9.59 Å². The van der Waals surface area contributed by atoms with Crippen LogP contribution in [-0.4, -0.2) is 17.0 Å². The highest BCUT2D eigenvalue weighted by Gasteiger charge is 2.64. The Morgan fingerprint density at radius 3 is 2.16 bits per heavy atom. The summed E-state index contributed by atoms with van der Waals surface area (Å²) < 4.78 is 0. The Labute approximate surface area is 148 Å². The van der Waals surface area contributed by atoms with Crippen molar-refractivity contribution < 1.29 is 14.7 Å². The fraction of sp³-hybridized carbons (Fsp3) is 0.429. The van der Waals surface area contributed by atoms with Crippen molar-refractivity contribution in [3.63, 3.8) is 0 Å². The van der Waals surface area contributed by atoms with Crippen LogP contribution in [0, 0.1) is 16.2 Å². The van der Waals surface area contributed by atoms with E-state index in [4.69, 9.17) is 0 Å². The molecule has 1 amide bonds. The first-order valence-electron chi connectivity index (χ1n) is 8.66. The van der Waals surface area contributed by atoms with Crippen molar-refractivity contribution in [3.8, 4) is 0 Å². The van der Waals surface area contributed by atoms with Crippen molar-refractivity contribution in [2.45, 2.75) is 40.5 Å². The molecule has 0 saturated heterocycles. The quantitative estimate of drug-likeness (QED) is 0.852. The Morgan fingerprint density at radius 1 is 0.920 bits per heavy atom. The van der Waals surface area contributed by atoms with Crippen molar-refractivity contribution in [1.82, 2.24) is 0 Å². The number of hydrogen-bond acceptors (Lipinski definition) is 2. The van der Waals surface area contributed by atoms with Gasteiger partial charge in [-0.25, -0.2) is 0 Å². The first-order valence-corrected chi connectivity index (χ1v) is 8.66. The summed E-state index contributed by atoms with van der Waals surface area (Å²) in [7, 11) is 0. The molecule has 0 aromatic heterocycles. The summed E-state index contributed by atoms with van der Waals surface area (Å²) in [5, 5.41) is 14.8. The minimum absolute atomic E-state index is 0.112. The van der Waals surface area contributed by atoms with Gasteiger partial charge in [-0.05, 0) is 36.6 Å². The highest BCUT2D eigenvalue weighted by atomic mass is 16.4. The van der Waals surface area contributed by atoms with Crippen LogP contribution < -0.4 is 5.32 Å². The molecule has 0 bridgehead atoms. The molecule has 4 heteroatoms. The molecule has 2 N–H and O–H groups in total. The van der Waals surface area contributed by atoms with Gasteiger partial charge in [0.25, 0.3) is 0 Å². The molecule has 2 aromatic carbocycles. The number of aliphatic carboxylic acids is 1. The molecule has 25 heavy (non-hydrogen) atoms. The van der Waals surface area contributed by atoms with Crippen LogP contribution in [0.5, 0.6) is 0 Å². The van der Waals surface area contributed by atoms with Crippen LogP contribution >= 0.6 is 0 Å². The lowest BCUT2D eigenvalue weighted by atomic mass is 9.59. The molecule has 0 aliphatic heterocycles. The van der Waals surface area contributed by atoms with E-state index in [2.05, 4.69) is 5.32 Å². The molecule has 3 rings (SSSR count). The molecule has 1 aliphatic carbocycles. The molecule has 1 saturated carbocycles. The number of carboxylic acid groups (broad SMARTS) is 1. The van der Waals surface area contributed by atoms with E-state index in [0.717, 1.165) is 16.5 Å². The summed E-state index contributed by atoms with van der Waals surface area (Å²) in [5.41, 5.74) is -1.57. The lowest BCUT2D eigenvalue weighted by Gasteiger charge is -2.44. The van der Waals surface area contributed by atoms with Crippen molar-refractivity contribution in [2.75, 3.05) is 5.32 Å². The number of anilines is 1. The monoisotopic (exact) mass is 339 g/mol. The molecule has 1 fully saturated rings. The topological polar surface area (TPSA) is 66.4 Å². The molecule has 132 valence electrons. The number of hydrogen-bond donors (Lipinski definition) is 2. The van der Waals surface area contributed by atoms with Gasteiger partial charge in [-0.15, -0.1) is 0 Å². The van der Waals surface area contributed by atoms with Gasteiger partial charge in [-0.2, -0.15) is 0 Å². The van der Waals surface area contributed by atoms with Crippen LogP contribution in [0.2, 0.25) is 0 Å². The maximum atomic E-state index is 13.2. The number of amides is 1. The third-order valence-corrected chi connectivity index (χ3v) is 6.89. The number of benzene rings is 2. The number of carbonyl (C=O) groups is 2. The summed E-state index contributed by atoms with van der Waals surface area (Å²) in [4.78, 5) is 25.1. The maximum Gasteiger partial charge on any atom is 0.309 e. The number of fused-ring (bicyclic) bond motifs is 1. The second-order valence-electron chi connectivity index (χ2n) is 8.08. The van der Waals surface area contributed by atoms with E-state index in [1.807, 2.05) is 63.2 Å². The minimum Gasteiger partial charge on any atom is -0.481 e. The second kappa shape index (κ2) is 5.58. The fourth-order valence-corrected chi connectivity index (χ4v) is 4.10. The van der Waals surface area contributed by atoms with Gasteiger partial charge in [-0.3, -0.25) is 9.59 Å². The van der Waals surface area contributed by atoms with Crippen LogP contribution in [0.3, 0.4) is 0 Å². The van der Waals surface area contributed by atoms with Gasteiger partial charge in [0.2, 0.25) is 5.91 Å². The van der Waals surface area contributed by atoms with E-state index in [1.165, 1.54) is 0 Å². The van der Waals surface area contributed by atoms with Gasteiger partial charge in [0.05, 0.1) is 10.8 Å². The van der Waals surface area contributed by atoms with Gasteiger partial charge in [0, 0.05) is 11.1 Å². The van der Waals surface area contributed by atoms with Crippen LogP contribution in [0.25, 0.3) is 10.8 Å². The summed E-state index contributed by atoms with van der Waals surface area (Å²) in [6.45, 7) is 7.45. The van der Waals surface area contributed by atoms with E-state index < -0.39 is 22.2 Å². The third kappa shape index (κ3) is 2.35. The van der Waals surface area contributed by atoms with Crippen LogP contribution in [0.1, 0.15) is 40.5 Å². The molecule has 0 heterocycles. The summed E-state index contributed by atoms with van der Waals surface area (Å²) >= 11 is 0. The molecule has 0 spiro atoms. The van der Waals surface area contributed by atoms with Crippen molar-refractivity contribution in [1.29, 1.82) is 0 Å². The average Bonchev–Trinajstić information content (AvgIpc) is 2.77. The Balaban J connectivity index is 1.97. The Bertz CT molecular complexity index is 852. The molecule has 2 aromatic rings. The Hall–Kier alpha value is -2.36. The second-order valence-corrected chi connectivity index (χ2v) is 8.08. The number of nitrogens with one attached hydrogen (secondary N) is 1. The fourth-order valence-electron chi connectivity index (χ4n) is 4.10. The van der Waals surface area contributed by atoms with E-state index in [0.29, 0.717) is 12.8 Å². The number of rotatable bonds is 3. The number of carbonyl (C=O) groups excluding carboxylic acids is 1. The first kappa shape index (κ1) is 17.5. The van der Waals surface area contributed by atoms with E-state index in [9.17, 15) is 14.7 Å². The van der Waals surface area contributed by atoms with Gasteiger partial charge < -0.3 is 10.4 Å². The smallest absolute Gasteiger partial charge is 0.309 e. The molecular formula is C21H25NO3. The van der Waals surface area contributed by atoms with E-state index in [-0.39, 0.29) is 5.91 Å². The van der Waals surface area contributed by atoms with Gasteiger partial charge in [0.15, 0.2) is 0 Å². The Morgan fingerprint density at radius 2 is 1.52 bits per heavy atom. The van der Waals surface area contributed by atoms with E-state index in [1.54, 1.807) is 6.92 Å². The van der Waals surface area contributed by atoms with Gasteiger partial charge in [-0.1, -0.05) is 57.2 Å². The number of carboxylic acids is 1. The van der Waals surface area contributed by atoms with Crippen molar-refractivity contribution >= 4 is 28.3 Å². The van der Waals surface area contributed by atoms with Crippen molar-refractivity contribution in [3.05, 3.63) is 42.5 Å². The van der Waals surface area contributed by atoms with Gasteiger partial charge >= 0.3 is 5.97 Å².